The van der Waals surface area contributed by atoms with Gasteiger partial charge in [0.15, 0.2) is 11.5 Å². The summed E-state index contributed by atoms with van der Waals surface area (Å²) in [5, 5.41) is 11.4. The SMILES string of the molecule is COC(=O)c1ccc(N2CC(S(N)(=O)=O)CC2=O)nn1. The quantitative estimate of drug-likeness (QED) is 0.683. The number of hydrogen-bond donors (Lipinski definition) is 1. The molecule has 0 aliphatic carbocycles. The molecule has 0 spiro atoms. The van der Waals surface area contributed by atoms with E-state index in [1.54, 1.807) is 0 Å². The first kappa shape index (κ1) is 14.3. The highest BCUT2D eigenvalue weighted by atomic mass is 32.2. The van der Waals surface area contributed by atoms with E-state index in [2.05, 4.69) is 14.9 Å². The minimum absolute atomic E-state index is 0.00843. The van der Waals surface area contributed by atoms with E-state index in [4.69, 9.17) is 5.14 Å². The Balaban J connectivity index is 2.21. The van der Waals surface area contributed by atoms with Gasteiger partial charge in [-0.2, -0.15) is 0 Å². The lowest BCUT2D eigenvalue weighted by Crippen LogP contribution is -2.32. The van der Waals surface area contributed by atoms with Crippen molar-refractivity contribution in [1.29, 1.82) is 0 Å². The molecule has 108 valence electrons. The van der Waals surface area contributed by atoms with Gasteiger partial charge in [-0.15, -0.1) is 10.2 Å². The number of nitrogens with zero attached hydrogens (tertiary/aromatic N) is 3. The second-order valence-corrected chi connectivity index (χ2v) is 6.03. The highest BCUT2D eigenvalue weighted by Gasteiger charge is 2.37. The predicted molar refractivity (Wildman–Crippen MR) is 67.2 cm³/mol. The third-order valence-electron chi connectivity index (χ3n) is 2.88. The molecule has 0 saturated carbocycles. The number of primary sulfonamides is 1. The summed E-state index contributed by atoms with van der Waals surface area (Å²) >= 11 is 0. The molecule has 0 radical (unpaired) electrons. The van der Waals surface area contributed by atoms with Gasteiger partial charge in [-0.05, 0) is 12.1 Å². The molecule has 1 aromatic rings. The van der Waals surface area contributed by atoms with Gasteiger partial charge in [-0.3, -0.25) is 9.69 Å². The van der Waals surface area contributed by atoms with Crippen LogP contribution < -0.4 is 10.0 Å². The van der Waals surface area contributed by atoms with Crippen LogP contribution in [0.5, 0.6) is 0 Å². The summed E-state index contributed by atoms with van der Waals surface area (Å²) in [6.07, 6.45) is -0.195. The van der Waals surface area contributed by atoms with Gasteiger partial charge in [0, 0.05) is 13.0 Å². The first-order valence-electron chi connectivity index (χ1n) is 5.57. The number of aromatic nitrogens is 2. The fourth-order valence-electron chi connectivity index (χ4n) is 1.80. The summed E-state index contributed by atoms with van der Waals surface area (Å²) < 4.78 is 26.9. The standard InChI is InChI=1S/C10H12N4O5S/c1-19-10(16)7-2-3-8(13-12-7)14-5-6(4-9(14)15)20(11,17)18/h2-3,6H,4-5H2,1H3,(H2,11,17,18). The Kier molecular flexibility index (Phi) is 3.68. The first-order valence-corrected chi connectivity index (χ1v) is 7.18. The van der Waals surface area contributed by atoms with E-state index >= 15 is 0 Å². The molecule has 1 aliphatic rings. The maximum absolute atomic E-state index is 11.8. The summed E-state index contributed by atoms with van der Waals surface area (Å²) in [6, 6.07) is 2.73. The minimum Gasteiger partial charge on any atom is -0.464 e. The predicted octanol–water partition coefficient (Wildman–Crippen LogP) is -1.34. The van der Waals surface area contributed by atoms with E-state index in [1.807, 2.05) is 0 Å². The van der Waals surface area contributed by atoms with Crippen molar-refractivity contribution in [1.82, 2.24) is 10.2 Å². The molecule has 0 aromatic carbocycles. The van der Waals surface area contributed by atoms with Gasteiger partial charge in [-0.25, -0.2) is 18.4 Å². The van der Waals surface area contributed by atoms with Crippen LogP contribution in [0.2, 0.25) is 0 Å². The number of rotatable bonds is 3. The molecule has 1 amide bonds. The summed E-state index contributed by atoms with van der Waals surface area (Å²) in [5.74, 6) is -0.905. The van der Waals surface area contributed by atoms with E-state index in [1.165, 1.54) is 24.1 Å². The molecule has 1 aliphatic heterocycles. The molecular formula is C10H12N4O5S. The van der Waals surface area contributed by atoms with Crippen LogP contribution in [0, 0.1) is 0 Å². The van der Waals surface area contributed by atoms with E-state index in [0.717, 1.165) is 0 Å². The van der Waals surface area contributed by atoms with Crippen molar-refractivity contribution >= 4 is 27.7 Å². The Labute approximate surface area is 114 Å². The number of carbonyl (C=O) groups excluding carboxylic acids is 2. The van der Waals surface area contributed by atoms with Crippen LogP contribution >= 0.6 is 0 Å². The average Bonchev–Trinajstić information content (AvgIpc) is 2.80. The lowest BCUT2D eigenvalue weighted by molar-refractivity contribution is -0.117. The zero-order valence-corrected chi connectivity index (χ0v) is 11.3. The second kappa shape index (κ2) is 5.13. The van der Waals surface area contributed by atoms with Crippen molar-refractivity contribution in [2.45, 2.75) is 11.7 Å². The zero-order chi connectivity index (χ0) is 14.9. The largest absolute Gasteiger partial charge is 0.464 e. The zero-order valence-electron chi connectivity index (χ0n) is 10.5. The van der Waals surface area contributed by atoms with E-state index < -0.39 is 27.1 Å². The normalized spacial score (nSPS) is 19.2. The van der Waals surface area contributed by atoms with Crippen LogP contribution in [0.4, 0.5) is 5.82 Å². The van der Waals surface area contributed by atoms with Crippen molar-refractivity contribution in [2.24, 2.45) is 5.14 Å². The monoisotopic (exact) mass is 300 g/mol. The van der Waals surface area contributed by atoms with Crippen molar-refractivity contribution in [3.05, 3.63) is 17.8 Å². The number of carbonyl (C=O) groups is 2. The van der Waals surface area contributed by atoms with Gasteiger partial charge in [0.25, 0.3) is 0 Å². The van der Waals surface area contributed by atoms with Gasteiger partial charge in [-0.1, -0.05) is 0 Å². The highest BCUT2D eigenvalue weighted by molar-refractivity contribution is 7.89. The van der Waals surface area contributed by atoms with Crippen LogP contribution in [0.15, 0.2) is 12.1 Å². The summed E-state index contributed by atoms with van der Waals surface area (Å²) in [7, 11) is -2.58. The Bertz CT molecular complexity index is 642. The Morgan fingerprint density at radius 2 is 2.15 bits per heavy atom. The smallest absolute Gasteiger partial charge is 0.358 e. The molecule has 1 saturated heterocycles. The molecule has 1 fully saturated rings. The maximum Gasteiger partial charge on any atom is 0.358 e. The number of esters is 1. The van der Waals surface area contributed by atoms with Crippen molar-refractivity contribution in [3.8, 4) is 0 Å². The van der Waals surface area contributed by atoms with E-state index in [-0.39, 0.29) is 24.5 Å². The van der Waals surface area contributed by atoms with Crippen molar-refractivity contribution < 1.29 is 22.7 Å². The number of nitrogens with two attached hydrogens (primary N) is 1. The highest BCUT2D eigenvalue weighted by Crippen LogP contribution is 2.22. The van der Waals surface area contributed by atoms with Crippen LogP contribution in [0.3, 0.4) is 0 Å². The molecule has 2 N–H and O–H groups in total. The average molecular weight is 300 g/mol. The van der Waals surface area contributed by atoms with E-state index in [0.29, 0.717) is 0 Å². The van der Waals surface area contributed by atoms with Gasteiger partial charge in [0.05, 0.1) is 7.11 Å². The fourth-order valence-corrected chi connectivity index (χ4v) is 2.53. The minimum atomic E-state index is -3.79. The molecular weight excluding hydrogens is 288 g/mol. The van der Waals surface area contributed by atoms with Crippen LogP contribution in [0.1, 0.15) is 16.9 Å². The molecule has 1 aromatic heterocycles. The molecule has 2 rings (SSSR count). The number of sulfonamides is 1. The first-order chi connectivity index (χ1) is 9.32. The molecule has 2 heterocycles. The lowest BCUT2D eigenvalue weighted by atomic mass is 10.4. The molecule has 10 heteroatoms. The molecule has 1 unspecified atom stereocenters. The topological polar surface area (TPSA) is 133 Å². The molecule has 9 nitrogen and oxygen atoms in total. The summed E-state index contributed by atoms with van der Waals surface area (Å²) in [5.41, 5.74) is -0.00843. The van der Waals surface area contributed by atoms with Crippen LogP contribution in [-0.2, 0) is 19.6 Å². The number of ether oxygens (including phenoxy) is 1. The van der Waals surface area contributed by atoms with E-state index in [9.17, 15) is 18.0 Å². The lowest BCUT2D eigenvalue weighted by Gasteiger charge is -2.14. The van der Waals surface area contributed by atoms with Gasteiger partial charge in [0.1, 0.15) is 5.25 Å². The number of methoxy groups -OCH3 is 1. The van der Waals surface area contributed by atoms with Crippen molar-refractivity contribution in [3.63, 3.8) is 0 Å². The van der Waals surface area contributed by atoms with Crippen molar-refractivity contribution in [2.75, 3.05) is 18.6 Å². The number of amides is 1. The second-order valence-electron chi connectivity index (χ2n) is 4.19. The Morgan fingerprint density at radius 1 is 1.45 bits per heavy atom. The molecule has 1 atom stereocenters. The summed E-state index contributed by atoms with van der Waals surface area (Å²) in [4.78, 5) is 24.1. The molecule has 20 heavy (non-hydrogen) atoms. The maximum atomic E-state index is 11.8. The number of hydrogen-bond acceptors (Lipinski definition) is 7. The number of anilines is 1. The third kappa shape index (κ3) is 2.75. The Morgan fingerprint density at radius 3 is 2.60 bits per heavy atom. The van der Waals surface area contributed by atoms with Crippen LogP contribution in [-0.4, -0.2) is 49.4 Å². The fraction of sp³-hybridized carbons (Fsp3) is 0.400. The van der Waals surface area contributed by atoms with Gasteiger partial charge < -0.3 is 4.74 Å². The molecule has 0 bridgehead atoms. The third-order valence-corrected chi connectivity index (χ3v) is 4.12. The Hall–Kier alpha value is -2.07. The van der Waals surface area contributed by atoms with Crippen LogP contribution in [0.25, 0.3) is 0 Å². The summed E-state index contributed by atoms with van der Waals surface area (Å²) in [6.45, 7) is -0.0794. The van der Waals surface area contributed by atoms with Gasteiger partial charge >= 0.3 is 5.97 Å². The van der Waals surface area contributed by atoms with Gasteiger partial charge in [0.2, 0.25) is 15.9 Å².